The zero-order valence-electron chi connectivity index (χ0n) is 17.6. The van der Waals surface area contributed by atoms with Crippen LogP contribution in [0, 0.1) is 20.8 Å². The van der Waals surface area contributed by atoms with Gasteiger partial charge in [-0.05, 0) is 73.4 Å². The van der Waals surface area contributed by atoms with Crippen molar-refractivity contribution in [3.05, 3.63) is 83.9 Å². The summed E-state index contributed by atoms with van der Waals surface area (Å²) in [6.45, 7) is 6.30. The molecule has 0 N–H and O–H groups in total. The molecule has 5 heteroatoms. The zero-order valence-corrected chi connectivity index (χ0v) is 17.6. The second kappa shape index (κ2) is 6.95. The largest absolute Gasteiger partial charge is 0.331 e. The molecule has 0 unspecified atom stereocenters. The number of rotatable bonds is 3. The van der Waals surface area contributed by atoms with E-state index in [1.807, 2.05) is 20.0 Å². The van der Waals surface area contributed by atoms with Gasteiger partial charge in [-0.3, -0.25) is 4.57 Å². The first-order valence-electron chi connectivity index (χ1n) is 10.0. The molecule has 2 aromatic heterocycles. The Morgan fingerprint density at radius 2 is 1.50 bits per heavy atom. The molecule has 30 heavy (non-hydrogen) atoms. The zero-order chi connectivity index (χ0) is 20.8. The molecule has 0 aliphatic rings. The lowest BCUT2D eigenvalue weighted by atomic mass is 9.98. The second-order valence-corrected chi connectivity index (χ2v) is 7.77. The van der Waals surface area contributed by atoms with E-state index in [0.717, 1.165) is 33.9 Å². The van der Waals surface area contributed by atoms with Gasteiger partial charge in [-0.1, -0.05) is 30.3 Å². The van der Waals surface area contributed by atoms with Crippen molar-refractivity contribution in [3.63, 3.8) is 0 Å². The van der Waals surface area contributed by atoms with Gasteiger partial charge in [0.05, 0.1) is 16.7 Å². The van der Waals surface area contributed by atoms with E-state index in [9.17, 15) is 0 Å². The molecule has 148 valence electrons. The molecule has 0 atom stereocenters. The molecule has 3 aromatic carbocycles. The molecule has 5 aromatic rings. The molecular weight excluding hydrogens is 370 g/mol. The number of hydrogen-bond donors (Lipinski definition) is 0. The quantitative estimate of drug-likeness (QED) is 0.412. The van der Waals surface area contributed by atoms with E-state index in [2.05, 4.69) is 92.8 Å². The van der Waals surface area contributed by atoms with E-state index in [1.54, 1.807) is 6.33 Å². The van der Waals surface area contributed by atoms with Gasteiger partial charge in [0, 0.05) is 12.6 Å². The number of imidazole rings is 1. The number of nitrogens with zero attached hydrogens (tertiary/aromatic N) is 5. The maximum absolute atomic E-state index is 4.67. The molecule has 5 nitrogen and oxygen atoms in total. The summed E-state index contributed by atoms with van der Waals surface area (Å²) in [6, 6.07) is 21.2. The predicted octanol–water partition coefficient (Wildman–Crippen LogP) is 5.41. The third kappa shape index (κ3) is 2.90. The van der Waals surface area contributed by atoms with Crippen LogP contribution in [-0.2, 0) is 7.05 Å². The number of hydrogen-bond acceptors (Lipinski definition) is 3. The molecule has 0 spiro atoms. The van der Waals surface area contributed by atoms with Crippen LogP contribution in [0.5, 0.6) is 0 Å². The summed E-state index contributed by atoms with van der Waals surface area (Å²) in [5, 5.41) is 8.67. The first-order chi connectivity index (χ1) is 14.5. The molecule has 0 radical (unpaired) electrons. The summed E-state index contributed by atoms with van der Waals surface area (Å²) in [5.74, 6) is 1.81. The van der Waals surface area contributed by atoms with Gasteiger partial charge in [0.2, 0.25) is 0 Å². The minimum atomic E-state index is 0.818. The molecule has 0 aliphatic carbocycles. The van der Waals surface area contributed by atoms with Crippen molar-refractivity contribution < 1.29 is 0 Å². The molecule has 0 saturated heterocycles. The van der Waals surface area contributed by atoms with E-state index in [1.165, 1.54) is 22.3 Å². The molecule has 2 heterocycles. The van der Waals surface area contributed by atoms with Crippen LogP contribution in [0.3, 0.4) is 0 Å². The molecule has 0 saturated carbocycles. The van der Waals surface area contributed by atoms with Gasteiger partial charge in [-0.25, -0.2) is 4.98 Å². The van der Waals surface area contributed by atoms with Crippen LogP contribution in [-0.4, -0.2) is 24.3 Å². The number of benzene rings is 3. The molecule has 5 rings (SSSR count). The Morgan fingerprint density at radius 3 is 2.23 bits per heavy atom. The minimum absolute atomic E-state index is 0.818. The van der Waals surface area contributed by atoms with E-state index in [4.69, 9.17) is 0 Å². The van der Waals surface area contributed by atoms with Crippen molar-refractivity contribution in [3.8, 4) is 28.2 Å². The van der Waals surface area contributed by atoms with Crippen LogP contribution in [0.4, 0.5) is 0 Å². The fourth-order valence-corrected chi connectivity index (χ4v) is 4.19. The van der Waals surface area contributed by atoms with Crippen molar-refractivity contribution in [2.24, 2.45) is 7.05 Å². The normalized spacial score (nSPS) is 11.3. The van der Waals surface area contributed by atoms with Gasteiger partial charge in [0.1, 0.15) is 12.2 Å². The third-order valence-corrected chi connectivity index (χ3v) is 5.75. The average molecular weight is 393 g/mol. The minimum Gasteiger partial charge on any atom is -0.331 e. The Morgan fingerprint density at radius 1 is 0.767 bits per heavy atom. The number of aromatic nitrogens is 5. The first-order valence-corrected chi connectivity index (χ1v) is 10.0. The van der Waals surface area contributed by atoms with E-state index >= 15 is 0 Å². The Kier molecular flexibility index (Phi) is 4.24. The van der Waals surface area contributed by atoms with Gasteiger partial charge < -0.3 is 4.57 Å². The van der Waals surface area contributed by atoms with Crippen molar-refractivity contribution in [2.45, 2.75) is 20.8 Å². The number of fused-ring (bicyclic) bond motifs is 1. The van der Waals surface area contributed by atoms with Crippen molar-refractivity contribution in [2.75, 3.05) is 0 Å². The summed E-state index contributed by atoms with van der Waals surface area (Å²) in [6.07, 6.45) is 1.79. The highest BCUT2D eigenvalue weighted by Crippen LogP contribution is 2.31. The summed E-state index contributed by atoms with van der Waals surface area (Å²) < 4.78 is 4.18. The fourth-order valence-electron chi connectivity index (χ4n) is 4.19. The second-order valence-electron chi connectivity index (χ2n) is 7.77. The van der Waals surface area contributed by atoms with E-state index in [-0.39, 0.29) is 0 Å². The Bertz CT molecular complexity index is 1350. The Labute approximate surface area is 175 Å². The lowest BCUT2D eigenvalue weighted by Gasteiger charge is -2.15. The summed E-state index contributed by atoms with van der Waals surface area (Å²) >= 11 is 0. The molecule has 0 aliphatic heterocycles. The van der Waals surface area contributed by atoms with Gasteiger partial charge >= 0.3 is 0 Å². The Balaban J connectivity index is 1.63. The van der Waals surface area contributed by atoms with Gasteiger partial charge in [-0.2, -0.15) is 0 Å². The van der Waals surface area contributed by atoms with Crippen LogP contribution in [0.25, 0.3) is 39.2 Å². The summed E-state index contributed by atoms with van der Waals surface area (Å²) in [5.41, 5.74) is 9.01. The monoisotopic (exact) mass is 393 g/mol. The number of aryl methyl sites for hydroxylation is 4. The summed E-state index contributed by atoms with van der Waals surface area (Å²) in [7, 11) is 2.04. The van der Waals surface area contributed by atoms with Crippen LogP contribution >= 0.6 is 0 Å². The topological polar surface area (TPSA) is 48.5 Å². The van der Waals surface area contributed by atoms with Crippen molar-refractivity contribution in [1.82, 2.24) is 24.3 Å². The highest BCUT2D eigenvalue weighted by Gasteiger charge is 2.16. The van der Waals surface area contributed by atoms with Crippen LogP contribution in [0.1, 0.15) is 17.0 Å². The van der Waals surface area contributed by atoms with E-state index < -0.39 is 0 Å². The van der Waals surface area contributed by atoms with Gasteiger partial charge in [-0.15, -0.1) is 10.2 Å². The summed E-state index contributed by atoms with van der Waals surface area (Å²) in [4.78, 5) is 4.67. The average Bonchev–Trinajstić information content (AvgIpc) is 3.33. The maximum atomic E-state index is 4.67. The highest BCUT2D eigenvalue weighted by molar-refractivity contribution is 5.81. The molecular formula is C25H23N5. The smallest absolute Gasteiger partial charge is 0.168 e. The Hall–Kier alpha value is -3.73. The van der Waals surface area contributed by atoms with Crippen molar-refractivity contribution >= 4 is 11.0 Å². The van der Waals surface area contributed by atoms with Crippen LogP contribution in [0.2, 0.25) is 0 Å². The molecule has 0 amide bonds. The third-order valence-electron chi connectivity index (χ3n) is 5.75. The fraction of sp³-hybridized carbons (Fsp3) is 0.160. The first kappa shape index (κ1) is 18.3. The van der Waals surface area contributed by atoms with Crippen LogP contribution in [0.15, 0.2) is 67.0 Å². The molecule has 0 fully saturated rings. The van der Waals surface area contributed by atoms with Gasteiger partial charge in [0.25, 0.3) is 0 Å². The van der Waals surface area contributed by atoms with Gasteiger partial charge in [0.15, 0.2) is 5.82 Å². The lowest BCUT2D eigenvalue weighted by molar-refractivity contribution is 0.886. The van der Waals surface area contributed by atoms with Crippen molar-refractivity contribution in [1.29, 1.82) is 0 Å². The highest BCUT2D eigenvalue weighted by atomic mass is 15.3. The lowest BCUT2D eigenvalue weighted by Crippen LogP contribution is -2.02. The van der Waals surface area contributed by atoms with E-state index in [0.29, 0.717) is 0 Å². The SMILES string of the molecule is Cc1cc(-c2ccccc2)cc(C)c1-n1cnnc1-c1ccc2c(c1)nc(C)n2C. The maximum Gasteiger partial charge on any atom is 0.168 e. The van der Waals surface area contributed by atoms with Crippen LogP contribution < -0.4 is 0 Å². The standard InChI is InChI=1S/C25H23N5/c1-16-12-21(19-8-6-5-7-9-19)13-17(2)24(16)30-15-26-28-25(30)20-10-11-23-22(14-20)27-18(3)29(23)4/h5-15H,1-4H3. The molecule has 0 bridgehead atoms. The predicted molar refractivity (Wildman–Crippen MR) is 121 cm³/mol.